The van der Waals surface area contributed by atoms with Crippen molar-refractivity contribution in [2.45, 2.75) is 25.1 Å². The summed E-state index contributed by atoms with van der Waals surface area (Å²) in [5.41, 5.74) is 1.18. The normalized spacial score (nSPS) is 26.1. The number of ether oxygens (including phenoxy) is 1. The molecule has 1 aliphatic heterocycles. The maximum Gasteiger partial charge on any atom is 0.0714 e. The van der Waals surface area contributed by atoms with Crippen LogP contribution in [0.1, 0.15) is 12.0 Å². The highest BCUT2D eigenvalue weighted by atomic mass is 16.5. The summed E-state index contributed by atoms with van der Waals surface area (Å²) < 4.78 is 5.34. The Balaban J connectivity index is 1.98. The lowest BCUT2D eigenvalue weighted by Crippen LogP contribution is -2.31. The summed E-state index contributed by atoms with van der Waals surface area (Å²) in [7, 11) is 1.73. The Kier molecular flexibility index (Phi) is 3.88. The van der Waals surface area contributed by atoms with E-state index in [9.17, 15) is 5.11 Å². The Morgan fingerprint density at radius 3 is 3.12 bits per heavy atom. The molecular weight excluding hydrogens is 204 g/mol. The van der Waals surface area contributed by atoms with E-state index in [1.807, 2.05) is 12.3 Å². The van der Waals surface area contributed by atoms with E-state index in [1.165, 1.54) is 5.56 Å². The van der Waals surface area contributed by atoms with Crippen molar-refractivity contribution in [3.8, 4) is 0 Å². The molecular formula is C12H18N2O2. The summed E-state index contributed by atoms with van der Waals surface area (Å²) in [4.78, 5) is 6.35. The van der Waals surface area contributed by atoms with E-state index >= 15 is 0 Å². The van der Waals surface area contributed by atoms with E-state index in [1.54, 1.807) is 13.3 Å². The summed E-state index contributed by atoms with van der Waals surface area (Å²) in [5.74, 6) is 0. The van der Waals surface area contributed by atoms with Crippen molar-refractivity contribution in [2.75, 3.05) is 20.3 Å². The summed E-state index contributed by atoms with van der Waals surface area (Å²) in [5, 5.41) is 9.31. The quantitative estimate of drug-likeness (QED) is 0.813. The van der Waals surface area contributed by atoms with Crippen LogP contribution in [0, 0.1) is 0 Å². The molecule has 1 aliphatic rings. The van der Waals surface area contributed by atoms with Crippen LogP contribution in [0.4, 0.5) is 0 Å². The minimum absolute atomic E-state index is 0.195. The SMILES string of the molecule is CO[C@H]1C[C@@H](CO)N(Cc2cccnc2)C1. The number of aliphatic hydroxyl groups excluding tert-OH is 1. The summed E-state index contributed by atoms with van der Waals surface area (Å²) in [6.45, 7) is 1.91. The number of aliphatic hydroxyl groups is 1. The van der Waals surface area contributed by atoms with E-state index in [2.05, 4.69) is 16.0 Å². The molecule has 0 radical (unpaired) electrons. The van der Waals surface area contributed by atoms with Crippen molar-refractivity contribution >= 4 is 0 Å². The number of hydrogen-bond donors (Lipinski definition) is 1. The van der Waals surface area contributed by atoms with E-state index in [0.29, 0.717) is 0 Å². The molecule has 1 N–H and O–H groups in total. The molecule has 2 atom stereocenters. The Bertz CT molecular complexity index is 318. The molecule has 0 aliphatic carbocycles. The summed E-state index contributed by atoms with van der Waals surface area (Å²) in [6, 6.07) is 4.21. The maximum absolute atomic E-state index is 9.31. The second-order valence-corrected chi connectivity index (χ2v) is 4.22. The van der Waals surface area contributed by atoms with Crippen LogP contribution in [0.15, 0.2) is 24.5 Å². The fraction of sp³-hybridized carbons (Fsp3) is 0.583. The van der Waals surface area contributed by atoms with Gasteiger partial charge in [0.2, 0.25) is 0 Å². The fourth-order valence-electron chi connectivity index (χ4n) is 2.22. The summed E-state index contributed by atoms with van der Waals surface area (Å²) in [6.07, 6.45) is 4.80. The standard InChI is InChI=1S/C12H18N2O2/c1-16-12-5-11(9-15)14(8-12)7-10-3-2-4-13-6-10/h2-4,6,11-12,15H,5,7-9H2,1H3/t11-,12-/m0/s1. The smallest absolute Gasteiger partial charge is 0.0714 e. The highest BCUT2D eigenvalue weighted by molar-refractivity contribution is 5.09. The van der Waals surface area contributed by atoms with Gasteiger partial charge in [-0.3, -0.25) is 9.88 Å². The van der Waals surface area contributed by atoms with Gasteiger partial charge in [0.1, 0.15) is 0 Å². The van der Waals surface area contributed by atoms with Crippen LogP contribution in [-0.4, -0.2) is 47.4 Å². The molecule has 0 saturated carbocycles. The third-order valence-corrected chi connectivity index (χ3v) is 3.14. The number of pyridine rings is 1. The van der Waals surface area contributed by atoms with Crippen molar-refractivity contribution in [2.24, 2.45) is 0 Å². The third-order valence-electron chi connectivity index (χ3n) is 3.14. The lowest BCUT2D eigenvalue weighted by atomic mass is 10.2. The van der Waals surface area contributed by atoms with Gasteiger partial charge in [0.25, 0.3) is 0 Å². The molecule has 4 nitrogen and oxygen atoms in total. The zero-order chi connectivity index (χ0) is 11.4. The monoisotopic (exact) mass is 222 g/mol. The van der Waals surface area contributed by atoms with Gasteiger partial charge in [0, 0.05) is 38.6 Å². The van der Waals surface area contributed by atoms with Crippen molar-refractivity contribution in [1.29, 1.82) is 0 Å². The first-order valence-electron chi connectivity index (χ1n) is 5.60. The molecule has 0 unspecified atom stereocenters. The Morgan fingerprint density at radius 1 is 1.62 bits per heavy atom. The van der Waals surface area contributed by atoms with Crippen LogP contribution < -0.4 is 0 Å². The number of hydrogen-bond acceptors (Lipinski definition) is 4. The van der Waals surface area contributed by atoms with Gasteiger partial charge < -0.3 is 9.84 Å². The lowest BCUT2D eigenvalue weighted by molar-refractivity contribution is 0.107. The number of methoxy groups -OCH3 is 1. The molecule has 16 heavy (non-hydrogen) atoms. The van der Waals surface area contributed by atoms with Crippen LogP contribution >= 0.6 is 0 Å². The molecule has 2 rings (SSSR count). The second-order valence-electron chi connectivity index (χ2n) is 4.22. The molecule has 1 saturated heterocycles. The minimum atomic E-state index is 0.195. The van der Waals surface area contributed by atoms with Gasteiger partial charge in [0.05, 0.1) is 12.7 Å². The number of likely N-dealkylation sites (tertiary alicyclic amines) is 1. The molecule has 88 valence electrons. The average molecular weight is 222 g/mol. The van der Waals surface area contributed by atoms with Crippen LogP contribution in [0.5, 0.6) is 0 Å². The minimum Gasteiger partial charge on any atom is -0.395 e. The maximum atomic E-state index is 9.31. The van der Waals surface area contributed by atoms with Crippen LogP contribution in [0.2, 0.25) is 0 Å². The first-order chi connectivity index (χ1) is 7.83. The van der Waals surface area contributed by atoms with Crippen LogP contribution in [-0.2, 0) is 11.3 Å². The second kappa shape index (κ2) is 5.39. The van der Waals surface area contributed by atoms with Crippen LogP contribution in [0.25, 0.3) is 0 Å². The molecule has 4 heteroatoms. The molecule has 0 spiro atoms. The van der Waals surface area contributed by atoms with E-state index in [-0.39, 0.29) is 18.8 Å². The molecule has 0 aromatic carbocycles. The van der Waals surface area contributed by atoms with Crippen molar-refractivity contribution in [3.63, 3.8) is 0 Å². The number of aromatic nitrogens is 1. The molecule has 0 amide bonds. The van der Waals surface area contributed by atoms with Gasteiger partial charge in [0.15, 0.2) is 0 Å². The Hall–Kier alpha value is -0.970. The average Bonchev–Trinajstić information content (AvgIpc) is 2.73. The third kappa shape index (κ3) is 2.58. The predicted molar refractivity (Wildman–Crippen MR) is 60.9 cm³/mol. The zero-order valence-electron chi connectivity index (χ0n) is 9.54. The number of rotatable bonds is 4. The molecule has 1 fully saturated rings. The molecule has 2 heterocycles. The van der Waals surface area contributed by atoms with Crippen molar-refractivity contribution < 1.29 is 9.84 Å². The fourth-order valence-corrected chi connectivity index (χ4v) is 2.22. The molecule has 1 aromatic rings. The van der Waals surface area contributed by atoms with Gasteiger partial charge in [-0.25, -0.2) is 0 Å². The predicted octanol–water partition coefficient (Wildman–Crippen LogP) is 0.663. The first kappa shape index (κ1) is 11.5. The van der Waals surface area contributed by atoms with Gasteiger partial charge in [-0.1, -0.05) is 6.07 Å². The van der Waals surface area contributed by atoms with E-state index in [4.69, 9.17) is 4.74 Å². The van der Waals surface area contributed by atoms with E-state index in [0.717, 1.165) is 19.5 Å². The van der Waals surface area contributed by atoms with E-state index < -0.39 is 0 Å². The lowest BCUT2D eigenvalue weighted by Gasteiger charge is -2.21. The zero-order valence-corrected chi connectivity index (χ0v) is 9.54. The number of nitrogens with zero attached hydrogens (tertiary/aromatic N) is 2. The van der Waals surface area contributed by atoms with Crippen LogP contribution in [0.3, 0.4) is 0 Å². The molecule has 0 bridgehead atoms. The van der Waals surface area contributed by atoms with Gasteiger partial charge in [-0.15, -0.1) is 0 Å². The first-order valence-corrected chi connectivity index (χ1v) is 5.60. The Labute approximate surface area is 95.9 Å². The Morgan fingerprint density at radius 2 is 2.50 bits per heavy atom. The van der Waals surface area contributed by atoms with Crippen molar-refractivity contribution in [1.82, 2.24) is 9.88 Å². The largest absolute Gasteiger partial charge is 0.395 e. The van der Waals surface area contributed by atoms with Gasteiger partial charge in [-0.05, 0) is 18.1 Å². The highest BCUT2D eigenvalue weighted by Crippen LogP contribution is 2.21. The highest BCUT2D eigenvalue weighted by Gasteiger charge is 2.31. The molecule has 1 aromatic heterocycles. The topological polar surface area (TPSA) is 45.6 Å². The van der Waals surface area contributed by atoms with Gasteiger partial charge >= 0.3 is 0 Å². The summed E-state index contributed by atoms with van der Waals surface area (Å²) >= 11 is 0. The van der Waals surface area contributed by atoms with Gasteiger partial charge in [-0.2, -0.15) is 0 Å². The van der Waals surface area contributed by atoms with Crippen molar-refractivity contribution in [3.05, 3.63) is 30.1 Å².